The molecule has 2 unspecified atom stereocenters. The Balaban J connectivity index is 1.21. The van der Waals surface area contributed by atoms with E-state index in [2.05, 4.69) is 0 Å². The van der Waals surface area contributed by atoms with Gasteiger partial charge in [-0.15, -0.1) is 0 Å². The summed E-state index contributed by atoms with van der Waals surface area (Å²) in [5.74, 6) is -0.172. The molecule has 0 radical (unpaired) electrons. The molecule has 0 spiro atoms. The van der Waals surface area contributed by atoms with E-state index in [1.807, 2.05) is 18.2 Å². The summed E-state index contributed by atoms with van der Waals surface area (Å²) in [4.78, 5) is 26.4. The van der Waals surface area contributed by atoms with Gasteiger partial charge in [0.25, 0.3) is 5.91 Å². The molecule has 2 atom stereocenters. The number of benzene rings is 1. The third-order valence-corrected chi connectivity index (χ3v) is 10.5. The first-order valence-electron chi connectivity index (χ1n) is 14.5. The molecule has 3 aromatic rings. The first kappa shape index (κ1) is 29.4. The molecule has 1 saturated heterocycles. The van der Waals surface area contributed by atoms with E-state index < -0.39 is 34.5 Å². The monoisotopic (exact) mass is 625 g/mol. The van der Waals surface area contributed by atoms with Crippen LogP contribution in [0.15, 0.2) is 79.4 Å². The Labute approximate surface area is 255 Å². The minimum Gasteiger partial charge on any atom is -0.467 e. The van der Waals surface area contributed by atoms with Crippen LogP contribution >= 0.6 is 11.6 Å². The van der Waals surface area contributed by atoms with Gasteiger partial charge in [0, 0.05) is 19.0 Å². The standard InChI is InChI=1S/C31H32ClN3O7S/c32-25-13-12-22(19-27(25)43(38,39)34-14-3-1-2-4-15-34)31(37)42-20-28(36)35-30(26-11-7-17-41-26)24-10-5-8-21(29(24)33-35)18-23-9-6-16-40-23/h6-7,9,11-13,16-19,24,30H,1-5,8,10,14-15,20H2. The average molecular weight is 626 g/mol. The van der Waals surface area contributed by atoms with Crippen molar-refractivity contribution >= 4 is 45.3 Å². The molecule has 1 aromatic carbocycles. The molecule has 6 rings (SSSR count). The molecule has 0 N–H and O–H groups in total. The number of hydrazone groups is 1. The van der Waals surface area contributed by atoms with Crippen molar-refractivity contribution in [2.45, 2.75) is 55.9 Å². The molecule has 1 saturated carbocycles. The van der Waals surface area contributed by atoms with Gasteiger partial charge in [0.15, 0.2) is 6.61 Å². The second-order valence-electron chi connectivity index (χ2n) is 10.9. The van der Waals surface area contributed by atoms with Crippen LogP contribution in [0.25, 0.3) is 6.08 Å². The van der Waals surface area contributed by atoms with Gasteiger partial charge in [0.05, 0.1) is 28.8 Å². The summed E-state index contributed by atoms with van der Waals surface area (Å²) >= 11 is 6.29. The fourth-order valence-electron chi connectivity index (χ4n) is 6.02. The zero-order valence-electron chi connectivity index (χ0n) is 23.5. The number of carbonyl (C=O) groups is 2. The number of ether oxygens (including phenoxy) is 1. The van der Waals surface area contributed by atoms with Crippen LogP contribution in [-0.2, 0) is 19.6 Å². The number of hydrogen-bond acceptors (Lipinski definition) is 8. The molecule has 0 bridgehead atoms. The zero-order chi connectivity index (χ0) is 30.0. The van der Waals surface area contributed by atoms with E-state index in [0.717, 1.165) is 56.2 Å². The normalized spacial score (nSPS) is 22.2. The molecule has 4 heterocycles. The predicted molar refractivity (Wildman–Crippen MR) is 159 cm³/mol. The van der Waals surface area contributed by atoms with Gasteiger partial charge in [-0.25, -0.2) is 18.2 Å². The molecule has 10 nitrogen and oxygen atoms in total. The summed E-state index contributed by atoms with van der Waals surface area (Å²) in [6.45, 7) is 0.209. The molecule has 226 valence electrons. The SMILES string of the molecule is O=C(OCC(=O)N1N=C2C(=Cc3ccco3)CCCC2C1c1ccco1)c1ccc(Cl)c(S(=O)(=O)N2CCCCCC2)c1. The molecule has 1 amide bonds. The molecular weight excluding hydrogens is 594 g/mol. The Bertz CT molecular complexity index is 1640. The Kier molecular flexibility index (Phi) is 8.56. The van der Waals surface area contributed by atoms with Gasteiger partial charge in [0.1, 0.15) is 22.5 Å². The van der Waals surface area contributed by atoms with Gasteiger partial charge in [-0.05, 0) is 86.2 Å². The van der Waals surface area contributed by atoms with Gasteiger partial charge < -0.3 is 13.6 Å². The lowest BCUT2D eigenvalue weighted by molar-refractivity contribution is -0.137. The highest BCUT2D eigenvalue weighted by molar-refractivity contribution is 7.89. The Morgan fingerprint density at radius 3 is 2.51 bits per heavy atom. The van der Waals surface area contributed by atoms with Crippen molar-refractivity contribution in [3.8, 4) is 0 Å². The summed E-state index contributed by atoms with van der Waals surface area (Å²) in [6, 6.07) is 10.7. The smallest absolute Gasteiger partial charge is 0.338 e. The van der Waals surface area contributed by atoms with Crippen LogP contribution in [0.5, 0.6) is 0 Å². The highest BCUT2D eigenvalue weighted by Gasteiger charge is 2.45. The van der Waals surface area contributed by atoms with Crippen molar-refractivity contribution in [1.29, 1.82) is 0 Å². The maximum atomic E-state index is 13.5. The van der Waals surface area contributed by atoms with Crippen LogP contribution in [0, 0.1) is 5.92 Å². The number of furan rings is 2. The van der Waals surface area contributed by atoms with E-state index in [0.29, 0.717) is 24.6 Å². The van der Waals surface area contributed by atoms with Crippen molar-refractivity contribution in [2.75, 3.05) is 19.7 Å². The van der Waals surface area contributed by atoms with E-state index in [-0.39, 0.29) is 21.4 Å². The van der Waals surface area contributed by atoms with E-state index in [1.54, 1.807) is 24.7 Å². The van der Waals surface area contributed by atoms with Crippen LogP contribution in [0.3, 0.4) is 0 Å². The molecule has 3 aliphatic rings. The van der Waals surface area contributed by atoms with Gasteiger partial charge in [-0.1, -0.05) is 24.4 Å². The molecule has 2 aromatic heterocycles. The fraction of sp³-hybridized carbons (Fsp3) is 0.387. The van der Waals surface area contributed by atoms with Gasteiger partial charge in [-0.2, -0.15) is 9.41 Å². The number of sulfonamides is 1. The van der Waals surface area contributed by atoms with Crippen LogP contribution in [0.2, 0.25) is 5.02 Å². The second kappa shape index (κ2) is 12.5. The third-order valence-electron chi connectivity index (χ3n) is 8.13. The molecular formula is C31H32ClN3O7S. The highest BCUT2D eigenvalue weighted by Crippen LogP contribution is 2.44. The summed E-state index contributed by atoms with van der Waals surface area (Å²) < 4.78 is 44.8. The number of carbonyl (C=O) groups excluding carboxylic acids is 2. The van der Waals surface area contributed by atoms with E-state index in [1.165, 1.54) is 27.5 Å². The maximum Gasteiger partial charge on any atom is 0.338 e. The van der Waals surface area contributed by atoms with Crippen molar-refractivity contribution in [1.82, 2.24) is 9.31 Å². The molecule has 2 fully saturated rings. The summed E-state index contributed by atoms with van der Waals surface area (Å²) in [7, 11) is -3.91. The lowest BCUT2D eigenvalue weighted by Gasteiger charge is -2.27. The minimum atomic E-state index is -3.91. The number of nitrogens with zero attached hydrogens (tertiary/aromatic N) is 3. The Morgan fingerprint density at radius 1 is 1.02 bits per heavy atom. The van der Waals surface area contributed by atoms with Gasteiger partial charge in [0.2, 0.25) is 10.0 Å². The van der Waals surface area contributed by atoms with E-state index in [4.69, 9.17) is 30.3 Å². The first-order valence-corrected chi connectivity index (χ1v) is 16.3. The predicted octanol–water partition coefficient (Wildman–Crippen LogP) is 6.07. The first-order chi connectivity index (χ1) is 20.8. The third kappa shape index (κ3) is 6.07. The number of halogens is 1. The van der Waals surface area contributed by atoms with Crippen LogP contribution in [-0.4, -0.2) is 55.0 Å². The van der Waals surface area contributed by atoms with Crippen molar-refractivity contribution in [3.05, 3.63) is 82.7 Å². The lowest BCUT2D eigenvalue weighted by atomic mass is 9.79. The van der Waals surface area contributed by atoms with Crippen LogP contribution < -0.4 is 0 Å². The van der Waals surface area contributed by atoms with Gasteiger partial charge >= 0.3 is 5.97 Å². The second-order valence-corrected chi connectivity index (χ2v) is 13.2. The Hall–Kier alpha value is -3.67. The number of esters is 1. The summed E-state index contributed by atoms with van der Waals surface area (Å²) in [6.07, 6.45) is 11.1. The largest absolute Gasteiger partial charge is 0.467 e. The van der Waals surface area contributed by atoms with Crippen molar-refractivity contribution in [2.24, 2.45) is 11.0 Å². The topological polar surface area (TPSA) is 123 Å². The zero-order valence-corrected chi connectivity index (χ0v) is 25.1. The summed E-state index contributed by atoms with van der Waals surface area (Å²) in [5.41, 5.74) is 1.75. The summed E-state index contributed by atoms with van der Waals surface area (Å²) in [5, 5.41) is 6.07. The molecule has 43 heavy (non-hydrogen) atoms. The maximum absolute atomic E-state index is 13.5. The highest BCUT2D eigenvalue weighted by atomic mass is 35.5. The fourth-order valence-corrected chi connectivity index (χ4v) is 8.03. The molecule has 12 heteroatoms. The molecule has 1 aliphatic carbocycles. The number of hydrogen-bond donors (Lipinski definition) is 0. The number of rotatable bonds is 7. The Morgan fingerprint density at radius 2 is 1.79 bits per heavy atom. The number of fused-ring (bicyclic) bond motifs is 1. The number of amides is 1. The van der Waals surface area contributed by atoms with Crippen molar-refractivity contribution < 1.29 is 31.6 Å². The van der Waals surface area contributed by atoms with E-state index in [9.17, 15) is 18.0 Å². The lowest BCUT2D eigenvalue weighted by Crippen LogP contribution is -2.34. The van der Waals surface area contributed by atoms with Crippen molar-refractivity contribution in [3.63, 3.8) is 0 Å². The van der Waals surface area contributed by atoms with E-state index >= 15 is 0 Å². The average Bonchev–Trinajstić information content (AvgIpc) is 3.74. The van der Waals surface area contributed by atoms with Gasteiger partial charge in [-0.3, -0.25) is 4.79 Å². The molecule has 2 aliphatic heterocycles. The van der Waals surface area contributed by atoms with Crippen LogP contribution in [0.1, 0.15) is 72.9 Å². The number of allylic oxidation sites excluding steroid dienone is 1. The van der Waals surface area contributed by atoms with Crippen LogP contribution in [0.4, 0.5) is 0 Å². The quantitative estimate of drug-likeness (QED) is 0.292. The minimum absolute atomic E-state index is 0.0155.